The van der Waals surface area contributed by atoms with Crippen LogP contribution in [0.4, 0.5) is 13.2 Å². The molecule has 1 N–H and O–H groups in total. The lowest BCUT2D eigenvalue weighted by molar-refractivity contribution is 0.401. The molecule has 1 saturated heterocycles. The molecule has 0 saturated carbocycles. The zero-order chi connectivity index (χ0) is 16.8. The van der Waals surface area contributed by atoms with Crippen LogP contribution < -0.4 is 10.1 Å². The van der Waals surface area contributed by atoms with E-state index in [4.69, 9.17) is 4.74 Å². The fraction of sp³-hybridized carbons (Fsp3) is 0.294. The van der Waals surface area contributed by atoms with E-state index in [1.807, 2.05) is 0 Å². The lowest BCUT2D eigenvalue weighted by Gasteiger charge is -2.14. The standard InChI is InChI=1S/C11H14FNO.C6H3BrF2/c1-14-11-5-4-8(12)7-9(11)10-3-2-6-13-10;7-5-3-4(8)1-2-6(5)9/h4-5,7,10,13H,2-3,6H2,1H3;1-3H/t10-;/m1./s1. The Morgan fingerprint density at radius 2 is 1.78 bits per heavy atom. The molecule has 0 aliphatic carbocycles. The van der Waals surface area contributed by atoms with Crippen LogP contribution in [0.15, 0.2) is 40.9 Å². The van der Waals surface area contributed by atoms with E-state index in [1.165, 1.54) is 6.07 Å². The number of benzene rings is 2. The monoisotopic (exact) mass is 387 g/mol. The first-order valence-corrected chi connectivity index (χ1v) is 7.98. The van der Waals surface area contributed by atoms with E-state index in [-0.39, 0.29) is 16.3 Å². The lowest BCUT2D eigenvalue weighted by atomic mass is 10.0. The van der Waals surface area contributed by atoms with E-state index < -0.39 is 11.6 Å². The molecule has 1 fully saturated rings. The van der Waals surface area contributed by atoms with Crippen LogP contribution in [0.25, 0.3) is 0 Å². The molecule has 2 nitrogen and oxygen atoms in total. The highest BCUT2D eigenvalue weighted by atomic mass is 79.9. The van der Waals surface area contributed by atoms with Crippen molar-refractivity contribution in [3.05, 3.63) is 63.9 Å². The van der Waals surface area contributed by atoms with Gasteiger partial charge in [0, 0.05) is 11.6 Å². The summed E-state index contributed by atoms with van der Waals surface area (Å²) in [6, 6.07) is 8.14. The second-order valence-corrected chi connectivity index (χ2v) is 5.95. The summed E-state index contributed by atoms with van der Waals surface area (Å²) >= 11 is 2.83. The minimum absolute atomic E-state index is 0.155. The maximum atomic E-state index is 13.1. The largest absolute Gasteiger partial charge is 0.496 e. The van der Waals surface area contributed by atoms with Gasteiger partial charge in [0.2, 0.25) is 0 Å². The van der Waals surface area contributed by atoms with Crippen molar-refractivity contribution in [2.75, 3.05) is 13.7 Å². The molecule has 6 heteroatoms. The van der Waals surface area contributed by atoms with Gasteiger partial charge < -0.3 is 10.1 Å². The van der Waals surface area contributed by atoms with E-state index in [0.717, 1.165) is 48.9 Å². The molecule has 1 aliphatic rings. The van der Waals surface area contributed by atoms with Crippen LogP contribution in [-0.4, -0.2) is 13.7 Å². The smallest absolute Gasteiger partial charge is 0.137 e. The summed E-state index contributed by atoms with van der Waals surface area (Å²) in [7, 11) is 1.62. The molecule has 1 atom stereocenters. The molecule has 2 aromatic rings. The average Bonchev–Trinajstić information content (AvgIpc) is 3.06. The van der Waals surface area contributed by atoms with Crippen molar-refractivity contribution >= 4 is 15.9 Å². The normalized spacial score (nSPS) is 16.7. The van der Waals surface area contributed by atoms with E-state index in [9.17, 15) is 13.2 Å². The molecule has 23 heavy (non-hydrogen) atoms. The van der Waals surface area contributed by atoms with E-state index in [0.29, 0.717) is 0 Å². The van der Waals surface area contributed by atoms with Crippen LogP contribution in [0.5, 0.6) is 5.75 Å². The molecule has 0 bridgehead atoms. The first-order chi connectivity index (χ1) is 11.0. The van der Waals surface area contributed by atoms with E-state index in [2.05, 4.69) is 21.2 Å². The fourth-order valence-corrected chi connectivity index (χ4v) is 2.75. The SMILES string of the molecule is COc1ccc(F)cc1[C@H]1CCCN1.Fc1ccc(F)c(Br)c1. The molecule has 2 aromatic carbocycles. The highest BCUT2D eigenvalue weighted by Gasteiger charge is 2.20. The van der Waals surface area contributed by atoms with Crippen molar-refractivity contribution in [1.29, 1.82) is 0 Å². The van der Waals surface area contributed by atoms with Gasteiger partial charge in [0.15, 0.2) is 0 Å². The maximum absolute atomic E-state index is 13.1. The van der Waals surface area contributed by atoms with Gasteiger partial charge >= 0.3 is 0 Å². The second kappa shape index (κ2) is 8.36. The highest BCUT2D eigenvalue weighted by molar-refractivity contribution is 9.10. The summed E-state index contributed by atoms with van der Waals surface area (Å²) in [5.74, 6) is -0.319. The fourth-order valence-electron chi connectivity index (χ4n) is 2.40. The van der Waals surface area contributed by atoms with Crippen LogP contribution in [0, 0.1) is 17.5 Å². The third-order valence-electron chi connectivity index (χ3n) is 3.51. The van der Waals surface area contributed by atoms with Crippen LogP contribution in [0.1, 0.15) is 24.4 Å². The van der Waals surface area contributed by atoms with Gasteiger partial charge in [0.25, 0.3) is 0 Å². The molecule has 1 aliphatic heterocycles. The van der Waals surface area contributed by atoms with Gasteiger partial charge in [-0.05, 0) is 71.7 Å². The molecular formula is C17H17BrF3NO. The lowest BCUT2D eigenvalue weighted by Crippen LogP contribution is -2.14. The van der Waals surface area contributed by atoms with Crippen LogP contribution in [0.2, 0.25) is 0 Å². The van der Waals surface area contributed by atoms with Crippen molar-refractivity contribution in [2.24, 2.45) is 0 Å². The molecule has 3 rings (SSSR count). The number of hydrogen-bond donors (Lipinski definition) is 1. The molecule has 0 aromatic heterocycles. The average molecular weight is 388 g/mol. The summed E-state index contributed by atoms with van der Waals surface area (Å²) in [6.45, 7) is 1.00. The second-order valence-electron chi connectivity index (χ2n) is 5.09. The topological polar surface area (TPSA) is 21.3 Å². The summed E-state index contributed by atoms with van der Waals surface area (Å²) in [5.41, 5.74) is 0.935. The zero-order valence-electron chi connectivity index (χ0n) is 12.6. The minimum Gasteiger partial charge on any atom is -0.496 e. The predicted octanol–water partition coefficient (Wildman–Crippen LogP) is 4.99. The van der Waals surface area contributed by atoms with Crippen LogP contribution in [-0.2, 0) is 0 Å². The Morgan fingerprint density at radius 1 is 1.09 bits per heavy atom. The van der Waals surface area contributed by atoms with Gasteiger partial charge in [0.05, 0.1) is 11.6 Å². The third kappa shape index (κ3) is 4.97. The van der Waals surface area contributed by atoms with Crippen molar-refractivity contribution in [3.63, 3.8) is 0 Å². The number of rotatable bonds is 2. The van der Waals surface area contributed by atoms with Crippen LogP contribution >= 0.6 is 15.9 Å². The maximum Gasteiger partial charge on any atom is 0.137 e. The molecule has 0 amide bonds. The minimum atomic E-state index is -0.448. The van der Waals surface area contributed by atoms with E-state index in [1.54, 1.807) is 19.2 Å². The van der Waals surface area contributed by atoms with Gasteiger partial charge in [-0.15, -0.1) is 0 Å². The molecule has 0 spiro atoms. The molecular weight excluding hydrogens is 371 g/mol. The third-order valence-corrected chi connectivity index (χ3v) is 4.12. The summed E-state index contributed by atoms with van der Waals surface area (Å²) in [4.78, 5) is 0. The van der Waals surface area contributed by atoms with Crippen molar-refractivity contribution in [3.8, 4) is 5.75 Å². The Morgan fingerprint density at radius 3 is 2.35 bits per heavy atom. The van der Waals surface area contributed by atoms with Gasteiger partial charge in [-0.2, -0.15) is 0 Å². The van der Waals surface area contributed by atoms with Gasteiger partial charge in [-0.3, -0.25) is 0 Å². The number of halogens is 4. The number of methoxy groups -OCH3 is 1. The first-order valence-electron chi connectivity index (χ1n) is 7.18. The van der Waals surface area contributed by atoms with Crippen LogP contribution in [0.3, 0.4) is 0 Å². The van der Waals surface area contributed by atoms with Gasteiger partial charge in [-0.25, -0.2) is 13.2 Å². The summed E-state index contributed by atoms with van der Waals surface area (Å²) in [6.07, 6.45) is 2.20. The number of nitrogens with one attached hydrogen (secondary N) is 1. The van der Waals surface area contributed by atoms with Gasteiger partial charge in [-0.1, -0.05) is 0 Å². The number of ether oxygens (including phenoxy) is 1. The molecule has 0 unspecified atom stereocenters. The summed E-state index contributed by atoms with van der Waals surface area (Å²) < 4.78 is 42.9. The quantitative estimate of drug-likeness (QED) is 0.733. The Labute approximate surface area is 141 Å². The van der Waals surface area contributed by atoms with Gasteiger partial charge in [0.1, 0.15) is 23.2 Å². The van der Waals surface area contributed by atoms with Crippen molar-refractivity contribution < 1.29 is 17.9 Å². The Hall–Kier alpha value is -1.53. The molecule has 124 valence electrons. The summed E-state index contributed by atoms with van der Waals surface area (Å²) in [5, 5.41) is 3.33. The predicted molar refractivity (Wildman–Crippen MR) is 87.0 cm³/mol. The molecule has 1 heterocycles. The van der Waals surface area contributed by atoms with Crippen molar-refractivity contribution in [1.82, 2.24) is 5.32 Å². The highest BCUT2D eigenvalue weighted by Crippen LogP contribution is 2.31. The Kier molecular flexibility index (Phi) is 6.47. The zero-order valence-corrected chi connectivity index (χ0v) is 14.2. The van der Waals surface area contributed by atoms with Crippen molar-refractivity contribution in [2.45, 2.75) is 18.9 Å². The Balaban J connectivity index is 0.000000185. The first kappa shape index (κ1) is 17.8. The number of hydrogen-bond acceptors (Lipinski definition) is 2. The Bertz CT molecular complexity index is 660. The molecule has 0 radical (unpaired) electrons. The van der Waals surface area contributed by atoms with E-state index >= 15 is 0 Å².